The van der Waals surface area contributed by atoms with E-state index in [-0.39, 0.29) is 6.03 Å². The average molecular weight is 371 g/mol. The quantitative estimate of drug-likeness (QED) is 0.719. The lowest BCUT2D eigenvalue weighted by atomic mass is 10.1. The number of ether oxygens (including phenoxy) is 2. The number of urea groups is 1. The van der Waals surface area contributed by atoms with Crippen molar-refractivity contribution >= 4 is 12.0 Å². The molecule has 144 valence electrons. The van der Waals surface area contributed by atoms with E-state index in [1.807, 2.05) is 42.5 Å². The van der Waals surface area contributed by atoms with Gasteiger partial charge in [-0.2, -0.15) is 0 Å². The fourth-order valence-corrected chi connectivity index (χ4v) is 2.52. The van der Waals surface area contributed by atoms with Gasteiger partial charge >= 0.3 is 12.0 Å². The number of hydrogen-bond acceptors (Lipinski definition) is 5. The molecular weight excluding hydrogens is 346 g/mol. The summed E-state index contributed by atoms with van der Waals surface area (Å²) in [6.45, 7) is 0.485. The first-order valence-electron chi connectivity index (χ1n) is 8.65. The van der Waals surface area contributed by atoms with Gasteiger partial charge in [0.1, 0.15) is 11.8 Å². The molecule has 0 saturated carbocycles. The zero-order chi connectivity index (χ0) is 19.6. The molecule has 1 atom stereocenters. The Labute approximate surface area is 159 Å². The molecule has 0 unspecified atom stereocenters. The van der Waals surface area contributed by atoms with Crippen LogP contribution >= 0.6 is 0 Å². The molecule has 27 heavy (non-hydrogen) atoms. The first-order valence-corrected chi connectivity index (χ1v) is 8.65. The Morgan fingerprint density at radius 2 is 1.89 bits per heavy atom. The van der Waals surface area contributed by atoms with E-state index in [4.69, 9.17) is 9.47 Å². The van der Waals surface area contributed by atoms with Gasteiger partial charge in [-0.15, -0.1) is 0 Å². The highest BCUT2D eigenvalue weighted by Gasteiger charge is 2.23. The van der Waals surface area contributed by atoms with Crippen LogP contribution in [-0.2, 0) is 22.4 Å². The van der Waals surface area contributed by atoms with Crippen LogP contribution in [-0.4, -0.2) is 55.7 Å². The van der Waals surface area contributed by atoms with Crippen LogP contribution in [0.1, 0.15) is 11.3 Å². The molecule has 7 heteroatoms. The topological polar surface area (TPSA) is 80.8 Å². The third kappa shape index (κ3) is 6.29. The van der Waals surface area contributed by atoms with Gasteiger partial charge in [0.05, 0.1) is 14.2 Å². The summed E-state index contributed by atoms with van der Waals surface area (Å²) in [5.74, 6) is 0.240. The fourth-order valence-electron chi connectivity index (χ4n) is 2.52. The minimum absolute atomic E-state index is 0.330. The van der Waals surface area contributed by atoms with Gasteiger partial charge in [0.2, 0.25) is 0 Å². The van der Waals surface area contributed by atoms with Crippen molar-refractivity contribution in [3.63, 3.8) is 0 Å². The number of amides is 2. The summed E-state index contributed by atoms with van der Waals surface area (Å²) in [6, 6.07) is 11.9. The van der Waals surface area contributed by atoms with E-state index in [0.29, 0.717) is 19.4 Å². The van der Waals surface area contributed by atoms with Gasteiger partial charge < -0.3 is 19.7 Å². The van der Waals surface area contributed by atoms with Crippen molar-refractivity contribution in [2.45, 2.75) is 18.9 Å². The lowest BCUT2D eigenvalue weighted by Gasteiger charge is -2.22. The zero-order valence-electron chi connectivity index (χ0n) is 15.8. The Kier molecular flexibility index (Phi) is 7.61. The third-order valence-corrected chi connectivity index (χ3v) is 4.16. The highest BCUT2D eigenvalue weighted by Crippen LogP contribution is 2.13. The molecule has 0 saturated heterocycles. The van der Waals surface area contributed by atoms with E-state index in [0.717, 1.165) is 17.0 Å². The number of nitrogens with one attached hydrogen (secondary N) is 1. The smallest absolute Gasteiger partial charge is 0.328 e. The molecule has 1 aromatic carbocycles. The Morgan fingerprint density at radius 1 is 1.15 bits per heavy atom. The van der Waals surface area contributed by atoms with Gasteiger partial charge in [0, 0.05) is 38.3 Å². The van der Waals surface area contributed by atoms with Crippen LogP contribution < -0.4 is 10.1 Å². The second-order valence-electron chi connectivity index (χ2n) is 6.07. The highest BCUT2D eigenvalue weighted by atomic mass is 16.5. The number of likely N-dealkylation sites (N-methyl/N-ethyl adjacent to an activating group) is 1. The van der Waals surface area contributed by atoms with Gasteiger partial charge in [0.25, 0.3) is 0 Å². The highest BCUT2D eigenvalue weighted by molar-refractivity contribution is 5.83. The summed E-state index contributed by atoms with van der Waals surface area (Å²) >= 11 is 0. The van der Waals surface area contributed by atoms with E-state index in [9.17, 15) is 9.59 Å². The molecule has 0 aliphatic heterocycles. The summed E-state index contributed by atoms with van der Waals surface area (Å²) in [5.41, 5.74) is 1.79. The monoisotopic (exact) mass is 371 g/mol. The van der Waals surface area contributed by atoms with Crippen LogP contribution in [0.25, 0.3) is 0 Å². The number of nitrogens with zero attached hydrogens (tertiary/aromatic N) is 2. The van der Waals surface area contributed by atoms with Crippen molar-refractivity contribution in [3.05, 3.63) is 59.9 Å². The van der Waals surface area contributed by atoms with E-state index in [2.05, 4.69) is 10.3 Å². The number of pyridine rings is 1. The molecule has 0 aliphatic rings. The van der Waals surface area contributed by atoms with Crippen molar-refractivity contribution in [1.29, 1.82) is 0 Å². The number of carbonyl (C=O) groups is 2. The van der Waals surface area contributed by atoms with Crippen LogP contribution in [0.5, 0.6) is 5.75 Å². The van der Waals surface area contributed by atoms with Crippen molar-refractivity contribution in [1.82, 2.24) is 15.2 Å². The number of methoxy groups -OCH3 is 2. The van der Waals surface area contributed by atoms with Crippen LogP contribution in [0.4, 0.5) is 4.79 Å². The predicted octanol–water partition coefficient (Wildman–Crippen LogP) is 2.06. The standard InChI is InChI=1S/C20H25N3O4/c1-23(13-11-16-6-4-5-12-21-16)20(25)22-18(19(24)27-3)14-15-7-9-17(26-2)10-8-15/h4-10,12,18H,11,13-14H2,1-3H3,(H,22,25)/t18-/m0/s1. The molecule has 0 spiro atoms. The Balaban J connectivity index is 1.94. The molecule has 0 radical (unpaired) electrons. The summed E-state index contributed by atoms with van der Waals surface area (Å²) in [6.07, 6.45) is 2.68. The maximum atomic E-state index is 12.5. The number of hydrogen-bond donors (Lipinski definition) is 1. The molecule has 0 fully saturated rings. The Hall–Kier alpha value is -3.09. The second kappa shape index (κ2) is 10.2. The van der Waals surface area contributed by atoms with E-state index < -0.39 is 12.0 Å². The summed E-state index contributed by atoms with van der Waals surface area (Å²) < 4.78 is 9.96. The minimum atomic E-state index is -0.770. The van der Waals surface area contributed by atoms with Crippen LogP contribution in [0.3, 0.4) is 0 Å². The zero-order valence-corrected chi connectivity index (χ0v) is 15.8. The average Bonchev–Trinajstić information content (AvgIpc) is 2.72. The first-order chi connectivity index (χ1) is 13.0. The summed E-state index contributed by atoms with van der Waals surface area (Å²) in [4.78, 5) is 30.3. The number of carbonyl (C=O) groups excluding carboxylic acids is 2. The molecule has 2 rings (SSSR count). The van der Waals surface area contributed by atoms with Gasteiger partial charge in [-0.25, -0.2) is 9.59 Å². The lowest BCUT2D eigenvalue weighted by Crippen LogP contribution is -2.48. The van der Waals surface area contributed by atoms with Crippen LogP contribution in [0.15, 0.2) is 48.7 Å². The molecule has 0 bridgehead atoms. The van der Waals surface area contributed by atoms with Crippen LogP contribution in [0.2, 0.25) is 0 Å². The maximum Gasteiger partial charge on any atom is 0.328 e. The molecule has 2 aromatic rings. The SMILES string of the molecule is COC(=O)[C@H](Cc1ccc(OC)cc1)NC(=O)N(C)CCc1ccccn1. The number of benzene rings is 1. The largest absolute Gasteiger partial charge is 0.497 e. The molecule has 1 aromatic heterocycles. The Morgan fingerprint density at radius 3 is 2.48 bits per heavy atom. The van der Waals surface area contributed by atoms with Crippen molar-refractivity contribution in [3.8, 4) is 5.75 Å². The maximum absolute atomic E-state index is 12.5. The fraction of sp³-hybridized carbons (Fsp3) is 0.350. The predicted molar refractivity (Wildman–Crippen MR) is 102 cm³/mol. The van der Waals surface area contributed by atoms with E-state index in [1.54, 1.807) is 20.4 Å². The lowest BCUT2D eigenvalue weighted by molar-refractivity contribution is -0.142. The Bertz CT molecular complexity index is 735. The van der Waals surface area contributed by atoms with Crippen molar-refractivity contribution < 1.29 is 19.1 Å². The van der Waals surface area contributed by atoms with Crippen molar-refractivity contribution in [2.24, 2.45) is 0 Å². The summed E-state index contributed by atoms with van der Waals surface area (Å²) in [7, 11) is 4.58. The van der Waals surface area contributed by atoms with E-state index in [1.165, 1.54) is 12.0 Å². The number of aromatic nitrogens is 1. The number of esters is 1. The van der Waals surface area contributed by atoms with Gasteiger partial charge in [-0.3, -0.25) is 4.98 Å². The number of rotatable bonds is 8. The summed E-state index contributed by atoms with van der Waals surface area (Å²) in [5, 5.41) is 2.74. The molecule has 1 heterocycles. The molecule has 1 N–H and O–H groups in total. The minimum Gasteiger partial charge on any atom is -0.497 e. The molecule has 0 aliphatic carbocycles. The molecular formula is C20H25N3O4. The first kappa shape index (κ1) is 20.2. The van der Waals surface area contributed by atoms with Gasteiger partial charge in [0.15, 0.2) is 0 Å². The van der Waals surface area contributed by atoms with Gasteiger partial charge in [-0.05, 0) is 29.8 Å². The van der Waals surface area contributed by atoms with Crippen molar-refractivity contribution in [2.75, 3.05) is 27.8 Å². The normalized spacial score (nSPS) is 11.4. The van der Waals surface area contributed by atoms with Crippen LogP contribution in [0, 0.1) is 0 Å². The molecule has 2 amide bonds. The third-order valence-electron chi connectivity index (χ3n) is 4.16. The second-order valence-corrected chi connectivity index (χ2v) is 6.07. The van der Waals surface area contributed by atoms with Gasteiger partial charge in [-0.1, -0.05) is 18.2 Å². The molecule has 7 nitrogen and oxygen atoms in total. The van der Waals surface area contributed by atoms with E-state index >= 15 is 0 Å².